The van der Waals surface area contributed by atoms with Gasteiger partial charge in [-0.3, -0.25) is 0 Å². The van der Waals surface area contributed by atoms with E-state index in [0.29, 0.717) is 5.69 Å². The van der Waals surface area contributed by atoms with Crippen molar-refractivity contribution in [2.24, 2.45) is 0 Å². The Bertz CT molecular complexity index is 420. The van der Waals surface area contributed by atoms with Crippen molar-refractivity contribution in [1.82, 2.24) is 4.57 Å². The quantitative estimate of drug-likeness (QED) is 0.711. The minimum Gasteiger partial charge on any atom is -0.335 e. The summed E-state index contributed by atoms with van der Waals surface area (Å²) in [6, 6.07) is 7.95. The topological polar surface area (TPSA) is 28.7 Å². The molecule has 0 atom stereocenters. The summed E-state index contributed by atoms with van der Waals surface area (Å²) in [6.45, 7) is 0.791. The van der Waals surface area contributed by atoms with Crippen molar-refractivity contribution in [3.05, 3.63) is 46.4 Å². The van der Waals surface area contributed by atoms with E-state index in [4.69, 9.17) is 5.26 Å². The molecule has 2 nitrogen and oxygen atoms in total. The van der Waals surface area contributed by atoms with Gasteiger partial charge in [-0.1, -0.05) is 0 Å². The van der Waals surface area contributed by atoms with Crippen LogP contribution in [-0.2, 0) is 6.54 Å². The van der Waals surface area contributed by atoms with E-state index < -0.39 is 0 Å². The number of nitrogens with zero attached hydrogens (tertiary/aromatic N) is 2. The smallest absolute Gasteiger partial charge is 0.120 e. The number of rotatable bonds is 2. The van der Waals surface area contributed by atoms with Crippen LogP contribution in [0.3, 0.4) is 0 Å². The first-order valence-corrected chi connectivity index (χ1v) is 4.91. The Morgan fingerprint density at radius 1 is 1.46 bits per heavy atom. The van der Waals surface area contributed by atoms with Gasteiger partial charge in [0.15, 0.2) is 0 Å². The van der Waals surface area contributed by atoms with Crippen molar-refractivity contribution in [2.45, 2.75) is 6.54 Å². The fourth-order valence-corrected chi connectivity index (χ4v) is 1.89. The van der Waals surface area contributed by atoms with Gasteiger partial charge in [-0.15, -0.1) is 0 Å². The number of hydrogen-bond donors (Lipinski definition) is 0. The molecule has 64 valence electrons. The van der Waals surface area contributed by atoms with Gasteiger partial charge in [0, 0.05) is 12.7 Å². The van der Waals surface area contributed by atoms with Gasteiger partial charge in [0.2, 0.25) is 0 Å². The Balaban J connectivity index is 2.24. The molecule has 2 heterocycles. The average Bonchev–Trinajstić information content (AvgIpc) is 2.76. The molecule has 0 N–H and O–H groups in total. The molecule has 13 heavy (non-hydrogen) atoms. The summed E-state index contributed by atoms with van der Waals surface area (Å²) < 4.78 is 1.95. The lowest BCUT2D eigenvalue weighted by Crippen LogP contribution is -1.98. The first-order valence-electron chi connectivity index (χ1n) is 3.96. The Kier molecular flexibility index (Phi) is 2.15. The van der Waals surface area contributed by atoms with E-state index in [1.807, 2.05) is 28.3 Å². The van der Waals surface area contributed by atoms with Crippen molar-refractivity contribution >= 4 is 11.3 Å². The fourth-order valence-electron chi connectivity index (χ4n) is 1.23. The monoisotopic (exact) mass is 188 g/mol. The molecular formula is C10H8N2S. The molecule has 0 aliphatic rings. The van der Waals surface area contributed by atoms with Crippen molar-refractivity contribution in [2.75, 3.05) is 0 Å². The van der Waals surface area contributed by atoms with E-state index in [0.717, 1.165) is 6.54 Å². The summed E-state index contributed by atoms with van der Waals surface area (Å²) in [5.74, 6) is 0. The van der Waals surface area contributed by atoms with Crippen LogP contribution in [0.15, 0.2) is 35.2 Å². The number of nitriles is 1. The fraction of sp³-hybridized carbons (Fsp3) is 0.100. The number of hydrogen-bond acceptors (Lipinski definition) is 2. The largest absolute Gasteiger partial charge is 0.335 e. The minimum absolute atomic E-state index is 0.714. The molecule has 0 aromatic carbocycles. The number of thiophene rings is 1. The summed E-state index contributed by atoms with van der Waals surface area (Å²) in [4.78, 5) is 0. The zero-order valence-electron chi connectivity index (χ0n) is 6.97. The van der Waals surface area contributed by atoms with Crippen LogP contribution in [0.25, 0.3) is 0 Å². The summed E-state index contributed by atoms with van der Waals surface area (Å²) in [5, 5.41) is 12.9. The van der Waals surface area contributed by atoms with Gasteiger partial charge in [-0.25, -0.2) is 0 Å². The highest BCUT2D eigenvalue weighted by molar-refractivity contribution is 7.07. The van der Waals surface area contributed by atoms with Crippen LogP contribution in [0, 0.1) is 11.3 Å². The van der Waals surface area contributed by atoms with Crippen molar-refractivity contribution in [3.63, 3.8) is 0 Å². The van der Waals surface area contributed by atoms with Gasteiger partial charge in [0.25, 0.3) is 0 Å². The second-order valence-electron chi connectivity index (χ2n) is 2.76. The maximum atomic E-state index is 8.77. The third-order valence-corrected chi connectivity index (χ3v) is 2.61. The molecule has 0 amide bonds. The third-order valence-electron chi connectivity index (χ3n) is 1.88. The zero-order valence-corrected chi connectivity index (χ0v) is 7.79. The van der Waals surface area contributed by atoms with Crippen LogP contribution >= 0.6 is 11.3 Å². The predicted molar refractivity (Wildman–Crippen MR) is 52.6 cm³/mol. The molecule has 0 aliphatic carbocycles. The summed E-state index contributed by atoms with van der Waals surface area (Å²) in [5.41, 5.74) is 1.96. The van der Waals surface area contributed by atoms with Crippen LogP contribution < -0.4 is 0 Å². The van der Waals surface area contributed by atoms with Crippen molar-refractivity contribution in [1.29, 1.82) is 5.26 Å². The molecule has 0 spiro atoms. The van der Waals surface area contributed by atoms with Crippen molar-refractivity contribution in [3.8, 4) is 6.07 Å². The summed E-state index contributed by atoms with van der Waals surface area (Å²) in [6.07, 6.45) is 1.93. The molecule has 0 fully saturated rings. The molecule has 2 rings (SSSR count). The average molecular weight is 188 g/mol. The van der Waals surface area contributed by atoms with Gasteiger partial charge in [-0.05, 0) is 34.5 Å². The van der Waals surface area contributed by atoms with E-state index in [-0.39, 0.29) is 0 Å². The van der Waals surface area contributed by atoms with E-state index in [1.54, 1.807) is 11.3 Å². The molecule has 2 aromatic rings. The molecule has 0 aliphatic heterocycles. The molecule has 2 aromatic heterocycles. The van der Waals surface area contributed by atoms with E-state index in [2.05, 4.69) is 17.5 Å². The van der Waals surface area contributed by atoms with Gasteiger partial charge < -0.3 is 4.57 Å². The normalized spacial score (nSPS) is 9.77. The van der Waals surface area contributed by atoms with E-state index in [1.165, 1.54) is 5.56 Å². The Labute approximate surface area is 80.7 Å². The molecule has 0 unspecified atom stereocenters. The summed E-state index contributed by atoms with van der Waals surface area (Å²) >= 11 is 1.68. The van der Waals surface area contributed by atoms with Gasteiger partial charge in [0.05, 0.1) is 0 Å². The van der Waals surface area contributed by atoms with Gasteiger partial charge >= 0.3 is 0 Å². The van der Waals surface area contributed by atoms with Gasteiger partial charge in [-0.2, -0.15) is 16.6 Å². The van der Waals surface area contributed by atoms with Crippen LogP contribution in [-0.4, -0.2) is 4.57 Å². The SMILES string of the molecule is N#Cc1cccn1Cc1ccsc1. The molecular weight excluding hydrogens is 180 g/mol. The maximum Gasteiger partial charge on any atom is 0.120 e. The van der Waals surface area contributed by atoms with Crippen LogP contribution in [0.4, 0.5) is 0 Å². The van der Waals surface area contributed by atoms with Gasteiger partial charge in [0.1, 0.15) is 11.8 Å². The lowest BCUT2D eigenvalue weighted by Gasteiger charge is -2.01. The maximum absolute atomic E-state index is 8.77. The molecule has 0 saturated heterocycles. The predicted octanol–water partition coefficient (Wildman–Crippen LogP) is 2.47. The van der Waals surface area contributed by atoms with E-state index >= 15 is 0 Å². The highest BCUT2D eigenvalue weighted by Crippen LogP contribution is 2.10. The standard InChI is InChI=1S/C10H8N2S/c11-6-10-2-1-4-12(10)7-9-3-5-13-8-9/h1-5,8H,7H2. The Morgan fingerprint density at radius 2 is 2.38 bits per heavy atom. The lowest BCUT2D eigenvalue weighted by molar-refractivity contribution is 0.796. The second-order valence-corrected chi connectivity index (χ2v) is 3.54. The Hall–Kier alpha value is -1.53. The van der Waals surface area contributed by atoms with Crippen LogP contribution in [0.1, 0.15) is 11.3 Å². The molecule has 3 heteroatoms. The molecule has 0 bridgehead atoms. The highest BCUT2D eigenvalue weighted by atomic mass is 32.1. The second kappa shape index (κ2) is 3.46. The summed E-state index contributed by atoms with van der Waals surface area (Å²) in [7, 11) is 0. The molecule has 0 saturated carbocycles. The molecule has 0 radical (unpaired) electrons. The van der Waals surface area contributed by atoms with Crippen molar-refractivity contribution < 1.29 is 0 Å². The Morgan fingerprint density at radius 3 is 3.08 bits per heavy atom. The van der Waals surface area contributed by atoms with E-state index in [9.17, 15) is 0 Å². The zero-order chi connectivity index (χ0) is 9.10. The minimum atomic E-state index is 0.714. The third kappa shape index (κ3) is 1.63. The first-order chi connectivity index (χ1) is 6.40. The van der Waals surface area contributed by atoms with Crippen LogP contribution in [0.2, 0.25) is 0 Å². The highest BCUT2D eigenvalue weighted by Gasteiger charge is 1.99. The number of aromatic nitrogens is 1. The van der Waals surface area contributed by atoms with Crippen LogP contribution in [0.5, 0.6) is 0 Å². The lowest BCUT2D eigenvalue weighted by atomic mass is 10.3. The first kappa shape index (κ1) is 8.09.